The Morgan fingerprint density at radius 3 is 2.47 bits per heavy atom. The molecule has 0 unspecified atom stereocenters. The molecule has 1 fully saturated rings. The number of amides is 2. The fraction of sp³-hybridized carbons (Fsp3) is 0.391. The minimum Gasteiger partial charge on any atom is -0.454 e. The van der Waals surface area contributed by atoms with Crippen LogP contribution in [0.3, 0.4) is 0 Å². The van der Waals surface area contributed by atoms with E-state index in [1.807, 2.05) is 53.4 Å². The molecule has 2 amide bonds. The molecule has 2 heterocycles. The van der Waals surface area contributed by atoms with Crippen LogP contribution in [0.2, 0.25) is 0 Å². The van der Waals surface area contributed by atoms with Crippen LogP contribution in [0.5, 0.6) is 11.5 Å². The Morgan fingerprint density at radius 1 is 0.900 bits per heavy atom. The molecular weight excluding hydrogens is 382 g/mol. The first kappa shape index (κ1) is 20.2. The molecular formula is C23H27N3O4. The Morgan fingerprint density at radius 2 is 1.67 bits per heavy atom. The molecule has 4 rings (SSSR count). The van der Waals surface area contributed by atoms with Crippen molar-refractivity contribution >= 4 is 11.8 Å². The number of aryl methyl sites for hydroxylation is 1. The first-order chi connectivity index (χ1) is 14.7. The summed E-state index contributed by atoms with van der Waals surface area (Å²) in [6.45, 7) is 3.91. The highest BCUT2D eigenvalue weighted by Gasteiger charge is 2.22. The van der Waals surface area contributed by atoms with Gasteiger partial charge in [0.15, 0.2) is 11.5 Å². The largest absolute Gasteiger partial charge is 0.454 e. The van der Waals surface area contributed by atoms with Gasteiger partial charge in [-0.3, -0.25) is 14.5 Å². The molecule has 0 radical (unpaired) electrons. The summed E-state index contributed by atoms with van der Waals surface area (Å²) in [5.74, 6) is 1.68. The lowest BCUT2D eigenvalue weighted by atomic mass is 10.1. The number of nitrogens with one attached hydrogen (secondary N) is 1. The van der Waals surface area contributed by atoms with Gasteiger partial charge in [-0.1, -0.05) is 36.4 Å². The third-order valence-electron chi connectivity index (χ3n) is 5.49. The van der Waals surface area contributed by atoms with Gasteiger partial charge in [-0.25, -0.2) is 0 Å². The molecule has 2 aliphatic heterocycles. The molecule has 30 heavy (non-hydrogen) atoms. The quantitative estimate of drug-likeness (QED) is 0.755. The number of ether oxygens (including phenoxy) is 2. The maximum Gasteiger partial charge on any atom is 0.234 e. The van der Waals surface area contributed by atoms with Crippen molar-refractivity contribution in [2.75, 3.05) is 39.5 Å². The van der Waals surface area contributed by atoms with Gasteiger partial charge < -0.3 is 19.7 Å². The number of carbonyl (C=O) groups is 2. The van der Waals surface area contributed by atoms with E-state index >= 15 is 0 Å². The summed E-state index contributed by atoms with van der Waals surface area (Å²) in [5, 5.41) is 2.96. The average molecular weight is 409 g/mol. The van der Waals surface area contributed by atoms with Gasteiger partial charge in [-0.15, -0.1) is 0 Å². The number of hydrogen-bond donors (Lipinski definition) is 1. The summed E-state index contributed by atoms with van der Waals surface area (Å²) >= 11 is 0. The number of hydrogen-bond acceptors (Lipinski definition) is 5. The highest BCUT2D eigenvalue weighted by molar-refractivity contribution is 5.78. The summed E-state index contributed by atoms with van der Waals surface area (Å²) in [6.07, 6.45) is 1.15. The monoisotopic (exact) mass is 409 g/mol. The Kier molecular flexibility index (Phi) is 6.49. The normalized spacial score (nSPS) is 15.8. The summed E-state index contributed by atoms with van der Waals surface area (Å²) in [4.78, 5) is 28.7. The Bertz CT molecular complexity index is 879. The predicted molar refractivity (Wildman–Crippen MR) is 112 cm³/mol. The Labute approximate surface area is 176 Å². The van der Waals surface area contributed by atoms with E-state index in [9.17, 15) is 9.59 Å². The highest BCUT2D eigenvalue weighted by Crippen LogP contribution is 2.32. The van der Waals surface area contributed by atoms with Gasteiger partial charge in [0.1, 0.15) is 0 Å². The third kappa shape index (κ3) is 5.30. The second kappa shape index (κ2) is 9.63. The molecule has 2 aromatic rings. The topological polar surface area (TPSA) is 71.1 Å². The molecule has 0 aromatic heterocycles. The van der Waals surface area contributed by atoms with Crippen molar-refractivity contribution in [2.45, 2.75) is 19.4 Å². The molecule has 1 N–H and O–H groups in total. The predicted octanol–water partition coefficient (Wildman–Crippen LogP) is 1.81. The second-order valence-corrected chi connectivity index (χ2v) is 7.61. The average Bonchev–Trinajstić information content (AvgIpc) is 3.25. The summed E-state index contributed by atoms with van der Waals surface area (Å²) < 4.78 is 10.7. The van der Waals surface area contributed by atoms with Crippen molar-refractivity contribution in [3.8, 4) is 11.5 Å². The van der Waals surface area contributed by atoms with E-state index in [1.54, 1.807) is 0 Å². The fourth-order valence-electron chi connectivity index (χ4n) is 3.72. The molecule has 0 aliphatic carbocycles. The van der Waals surface area contributed by atoms with Gasteiger partial charge in [0, 0.05) is 39.1 Å². The summed E-state index contributed by atoms with van der Waals surface area (Å²) in [6, 6.07) is 15.7. The molecule has 158 valence electrons. The number of benzene rings is 2. The minimum atomic E-state index is 0.0152. The first-order valence-corrected chi connectivity index (χ1v) is 10.4. The van der Waals surface area contributed by atoms with Crippen molar-refractivity contribution in [1.82, 2.24) is 15.1 Å². The van der Waals surface area contributed by atoms with E-state index in [0.717, 1.165) is 22.6 Å². The van der Waals surface area contributed by atoms with Crippen LogP contribution in [-0.4, -0.2) is 61.1 Å². The number of piperazine rings is 1. The number of rotatable bonds is 7. The van der Waals surface area contributed by atoms with Crippen molar-refractivity contribution in [3.05, 3.63) is 59.7 Å². The van der Waals surface area contributed by atoms with Gasteiger partial charge >= 0.3 is 0 Å². The number of nitrogens with zero attached hydrogens (tertiary/aromatic N) is 2. The van der Waals surface area contributed by atoms with Gasteiger partial charge in [-0.2, -0.15) is 0 Å². The van der Waals surface area contributed by atoms with Crippen LogP contribution in [0.15, 0.2) is 48.5 Å². The maximum absolute atomic E-state index is 12.6. The van der Waals surface area contributed by atoms with Gasteiger partial charge in [-0.05, 0) is 29.7 Å². The molecule has 7 heteroatoms. The molecule has 0 spiro atoms. The lowest BCUT2D eigenvalue weighted by Gasteiger charge is -2.34. The van der Waals surface area contributed by atoms with E-state index in [2.05, 4.69) is 10.2 Å². The fourth-order valence-corrected chi connectivity index (χ4v) is 3.72. The number of fused-ring (bicyclic) bond motifs is 1. The molecule has 7 nitrogen and oxygen atoms in total. The third-order valence-corrected chi connectivity index (χ3v) is 5.49. The van der Waals surface area contributed by atoms with Crippen LogP contribution in [0.1, 0.15) is 17.5 Å². The SMILES string of the molecule is O=C(CN1CCN(C(=O)CCc2ccc3c(c2)OCO3)CC1)NCc1ccccc1. The van der Waals surface area contributed by atoms with Crippen molar-refractivity contribution in [2.24, 2.45) is 0 Å². The van der Waals surface area contributed by atoms with E-state index < -0.39 is 0 Å². The van der Waals surface area contributed by atoms with Crippen LogP contribution >= 0.6 is 0 Å². The second-order valence-electron chi connectivity index (χ2n) is 7.61. The Hall–Kier alpha value is -3.06. The summed E-state index contributed by atoms with van der Waals surface area (Å²) in [7, 11) is 0. The smallest absolute Gasteiger partial charge is 0.234 e. The first-order valence-electron chi connectivity index (χ1n) is 10.4. The van der Waals surface area contributed by atoms with E-state index in [0.29, 0.717) is 52.1 Å². The minimum absolute atomic E-state index is 0.0152. The van der Waals surface area contributed by atoms with Crippen LogP contribution < -0.4 is 14.8 Å². The molecule has 2 aliphatic rings. The molecule has 2 aromatic carbocycles. The number of carbonyl (C=O) groups excluding carboxylic acids is 2. The highest BCUT2D eigenvalue weighted by atomic mass is 16.7. The lowest BCUT2D eigenvalue weighted by molar-refractivity contribution is -0.133. The molecule has 0 atom stereocenters. The van der Waals surface area contributed by atoms with Gasteiger partial charge in [0.05, 0.1) is 6.54 Å². The molecule has 0 saturated carbocycles. The zero-order valence-corrected chi connectivity index (χ0v) is 17.0. The van der Waals surface area contributed by atoms with Crippen LogP contribution in [-0.2, 0) is 22.6 Å². The van der Waals surface area contributed by atoms with Crippen molar-refractivity contribution in [3.63, 3.8) is 0 Å². The van der Waals surface area contributed by atoms with Crippen molar-refractivity contribution in [1.29, 1.82) is 0 Å². The van der Waals surface area contributed by atoms with Crippen molar-refractivity contribution < 1.29 is 19.1 Å². The van der Waals surface area contributed by atoms with Gasteiger partial charge in [0.2, 0.25) is 18.6 Å². The standard InChI is InChI=1S/C23H27N3O4/c27-22(24-15-19-4-2-1-3-5-19)16-25-10-12-26(13-11-25)23(28)9-7-18-6-8-20-21(14-18)30-17-29-20/h1-6,8,14H,7,9-13,15-17H2,(H,24,27). The van der Waals surface area contributed by atoms with Crippen LogP contribution in [0.25, 0.3) is 0 Å². The zero-order valence-electron chi connectivity index (χ0n) is 17.0. The Balaban J connectivity index is 1.16. The van der Waals surface area contributed by atoms with E-state index in [1.165, 1.54) is 0 Å². The lowest BCUT2D eigenvalue weighted by Crippen LogP contribution is -2.51. The molecule has 0 bridgehead atoms. The maximum atomic E-state index is 12.6. The molecule has 1 saturated heterocycles. The van der Waals surface area contributed by atoms with E-state index in [4.69, 9.17) is 9.47 Å². The van der Waals surface area contributed by atoms with Gasteiger partial charge in [0.25, 0.3) is 0 Å². The summed E-state index contributed by atoms with van der Waals surface area (Å²) in [5.41, 5.74) is 2.16. The van der Waals surface area contributed by atoms with E-state index in [-0.39, 0.29) is 18.6 Å². The van der Waals surface area contributed by atoms with Crippen LogP contribution in [0.4, 0.5) is 0 Å². The van der Waals surface area contributed by atoms with Crippen LogP contribution in [0, 0.1) is 0 Å². The zero-order chi connectivity index (χ0) is 20.8.